The number of rotatable bonds is 3. The number of hydrogen-bond donors (Lipinski definition) is 2. The molecule has 0 saturated heterocycles. The van der Waals surface area contributed by atoms with Crippen LogP contribution in [0.15, 0.2) is 24.3 Å². The van der Waals surface area contributed by atoms with E-state index in [1.807, 2.05) is 31.2 Å². The van der Waals surface area contributed by atoms with Gasteiger partial charge in [-0.2, -0.15) is 0 Å². The van der Waals surface area contributed by atoms with Crippen LogP contribution in [-0.4, -0.2) is 18.7 Å². The van der Waals surface area contributed by atoms with Crippen molar-refractivity contribution in [3.8, 4) is 0 Å². The molecule has 0 radical (unpaired) electrons. The van der Waals surface area contributed by atoms with Gasteiger partial charge < -0.3 is 10.5 Å². The lowest BCUT2D eigenvalue weighted by Crippen LogP contribution is -2.29. The first-order valence-corrected chi connectivity index (χ1v) is 6.43. The van der Waals surface area contributed by atoms with Crippen LogP contribution in [-0.2, 0) is 4.74 Å². The van der Waals surface area contributed by atoms with Gasteiger partial charge in [0, 0.05) is 11.6 Å². The summed E-state index contributed by atoms with van der Waals surface area (Å²) in [6, 6.07) is 7.65. The molecule has 0 aromatic heterocycles. The highest BCUT2D eigenvalue weighted by atomic mass is 16.6. The molecule has 2 rings (SSSR count). The van der Waals surface area contributed by atoms with E-state index in [0.717, 1.165) is 30.5 Å². The maximum atomic E-state index is 11.8. The van der Waals surface area contributed by atoms with Gasteiger partial charge in [-0.25, -0.2) is 4.79 Å². The molecule has 18 heavy (non-hydrogen) atoms. The van der Waals surface area contributed by atoms with Gasteiger partial charge >= 0.3 is 6.09 Å². The van der Waals surface area contributed by atoms with E-state index in [9.17, 15) is 4.79 Å². The molecule has 1 amide bonds. The van der Waals surface area contributed by atoms with Crippen molar-refractivity contribution >= 4 is 11.8 Å². The van der Waals surface area contributed by atoms with Crippen LogP contribution in [0.5, 0.6) is 0 Å². The third-order valence-electron chi connectivity index (χ3n) is 3.41. The molecule has 2 atom stereocenters. The first-order valence-electron chi connectivity index (χ1n) is 6.43. The van der Waals surface area contributed by atoms with Crippen LogP contribution in [0, 0.1) is 12.8 Å². The predicted octanol–water partition coefficient (Wildman–Crippen LogP) is 2.67. The fraction of sp³-hybridized carbons (Fsp3) is 0.500. The highest BCUT2D eigenvalue weighted by Gasteiger charge is 2.29. The van der Waals surface area contributed by atoms with Crippen LogP contribution in [0.1, 0.15) is 24.8 Å². The fourth-order valence-corrected chi connectivity index (χ4v) is 2.44. The van der Waals surface area contributed by atoms with Crippen LogP contribution >= 0.6 is 0 Å². The highest BCUT2D eigenvalue weighted by molar-refractivity contribution is 5.84. The standard InChI is InChI=1S/C14H20N2O2/c1-10-4-2-6-12(8-10)16-14(17)18-13-7-3-5-11(13)9-15/h2,4,6,8,11,13H,3,5,7,9,15H2,1H3,(H,16,17). The Morgan fingerprint density at radius 3 is 3.06 bits per heavy atom. The van der Waals surface area contributed by atoms with Gasteiger partial charge in [0.05, 0.1) is 0 Å². The van der Waals surface area contributed by atoms with Crippen molar-refractivity contribution in [3.05, 3.63) is 29.8 Å². The van der Waals surface area contributed by atoms with Crippen LogP contribution < -0.4 is 11.1 Å². The van der Waals surface area contributed by atoms with Gasteiger partial charge in [0.2, 0.25) is 0 Å². The number of hydrogen-bond acceptors (Lipinski definition) is 3. The molecular weight excluding hydrogens is 228 g/mol. The lowest BCUT2D eigenvalue weighted by atomic mass is 10.1. The molecule has 0 bridgehead atoms. The highest BCUT2D eigenvalue weighted by Crippen LogP contribution is 2.27. The summed E-state index contributed by atoms with van der Waals surface area (Å²) in [6.45, 7) is 2.57. The van der Waals surface area contributed by atoms with Crippen molar-refractivity contribution in [2.75, 3.05) is 11.9 Å². The van der Waals surface area contributed by atoms with E-state index in [-0.39, 0.29) is 12.2 Å². The minimum Gasteiger partial charge on any atom is -0.446 e. The summed E-state index contributed by atoms with van der Waals surface area (Å²) < 4.78 is 5.43. The molecule has 1 saturated carbocycles. The van der Waals surface area contributed by atoms with E-state index in [0.29, 0.717) is 12.5 Å². The van der Waals surface area contributed by atoms with E-state index < -0.39 is 0 Å². The van der Waals surface area contributed by atoms with Crippen LogP contribution in [0.3, 0.4) is 0 Å². The molecule has 3 N–H and O–H groups in total. The number of benzene rings is 1. The van der Waals surface area contributed by atoms with E-state index in [1.54, 1.807) is 0 Å². The Morgan fingerprint density at radius 2 is 2.33 bits per heavy atom. The summed E-state index contributed by atoms with van der Waals surface area (Å²) in [5, 5.41) is 2.75. The van der Waals surface area contributed by atoms with Crippen molar-refractivity contribution in [2.24, 2.45) is 11.7 Å². The summed E-state index contributed by atoms with van der Waals surface area (Å²) in [5.74, 6) is 0.313. The van der Waals surface area contributed by atoms with Gasteiger partial charge in [-0.3, -0.25) is 5.32 Å². The van der Waals surface area contributed by atoms with Gasteiger partial charge in [-0.15, -0.1) is 0 Å². The second-order valence-electron chi connectivity index (χ2n) is 4.86. The molecule has 98 valence electrons. The van der Waals surface area contributed by atoms with E-state index >= 15 is 0 Å². The second kappa shape index (κ2) is 5.87. The summed E-state index contributed by atoms with van der Waals surface area (Å²) in [4.78, 5) is 11.8. The van der Waals surface area contributed by atoms with Crippen molar-refractivity contribution in [1.82, 2.24) is 0 Å². The topological polar surface area (TPSA) is 64.3 Å². The first kappa shape index (κ1) is 12.9. The third-order valence-corrected chi connectivity index (χ3v) is 3.41. The van der Waals surface area contributed by atoms with E-state index in [1.165, 1.54) is 0 Å². The summed E-state index contributed by atoms with van der Waals surface area (Å²) in [5.41, 5.74) is 7.53. The molecule has 2 unspecified atom stereocenters. The van der Waals surface area contributed by atoms with Gasteiger partial charge in [-0.1, -0.05) is 12.1 Å². The van der Waals surface area contributed by atoms with Gasteiger partial charge in [0.1, 0.15) is 6.10 Å². The third kappa shape index (κ3) is 3.23. The molecule has 1 aromatic rings. The van der Waals surface area contributed by atoms with Gasteiger partial charge in [0.25, 0.3) is 0 Å². The minimum atomic E-state index is -0.383. The zero-order valence-electron chi connectivity index (χ0n) is 10.7. The minimum absolute atomic E-state index is 0.0280. The number of nitrogens with two attached hydrogens (primary N) is 1. The number of carbonyl (C=O) groups excluding carboxylic acids is 1. The molecular formula is C14H20N2O2. The van der Waals surface area contributed by atoms with E-state index in [4.69, 9.17) is 10.5 Å². The monoisotopic (exact) mass is 248 g/mol. The lowest BCUT2D eigenvalue weighted by molar-refractivity contribution is 0.0893. The van der Waals surface area contributed by atoms with Crippen molar-refractivity contribution in [3.63, 3.8) is 0 Å². The molecule has 1 aliphatic carbocycles. The smallest absolute Gasteiger partial charge is 0.411 e. The number of carbonyl (C=O) groups is 1. The first-order chi connectivity index (χ1) is 8.69. The van der Waals surface area contributed by atoms with Crippen molar-refractivity contribution < 1.29 is 9.53 Å². The Morgan fingerprint density at radius 1 is 1.50 bits per heavy atom. The molecule has 0 heterocycles. The number of aryl methyl sites for hydroxylation is 1. The van der Waals surface area contributed by atoms with Crippen LogP contribution in [0.2, 0.25) is 0 Å². The fourth-order valence-electron chi connectivity index (χ4n) is 2.44. The average molecular weight is 248 g/mol. The quantitative estimate of drug-likeness (QED) is 0.864. The Bertz CT molecular complexity index is 420. The lowest BCUT2D eigenvalue weighted by Gasteiger charge is -2.18. The Balaban J connectivity index is 1.89. The summed E-state index contributed by atoms with van der Waals surface area (Å²) in [7, 11) is 0. The number of ether oxygens (including phenoxy) is 1. The average Bonchev–Trinajstić information content (AvgIpc) is 2.76. The van der Waals surface area contributed by atoms with Crippen LogP contribution in [0.25, 0.3) is 0 Å². The van der Waals surface area contributed by atoms with Gasteiger partial charge in [-0.05, 0) is 50.4 Å². The zero-order chi connectivity index (χ0) is 13.0. The van der Waals surface area contributed by atoms with E-state index in [2.05, 4.69) is 5.32 Å². The molecule has 1 fully saturated rings. The largest absolute Gasteiger partial charge is 0.446 e. The molecule has 4 nitrogen and oxygen atoms in total. The Kier molecular flexibility index (Phi) is 4.20. The normalized spacial score (nSPS) is 22.8. The Labute approximate surface area is 108 Å². The Hall–Kier alpha value is -1.55. The molecule has 4 heteroatoms. The second-order valence-corrected chi connectivity index (χ2v) is 4.86. The van der Waals surface area contributed by atoms with Crippen molar-refractivity contribution in [2.45, 2.75) is 32.3 Å². The maximum Gasteiger partial charge on any atom is 0.411 e. The number of anilines is 1. The molecule has 0 spiro atoms. The number of nitrogens with one attached hydrogen (secondary N) is 1. The van der Waals surface area contributed by atoms with Crippen LogP contribution in [0.4, 0.5) is 10.5 Å². The van der Waals surface area contributed by atoms with Gasteiger partial charge in [0.15, 0.2) is 0 Å². The summed E-state index contributed by atoms with van der Waals surface area (Å²) >= 11 is 0. The zero-order valence-corrected chi connectivity index (χ0v) is 10.7. The van der Waals surface area contributed by atoms with Crippen molar-refractivity contribution in [1.29, 1.82) is 0 Å². The predicted molar refractivity (Wildman–Crippen MR) is 71.5 cm³/mol. The number of amides is 1. The molecule has 1 aliphatic rings. The maximum absolute atomic E-state index is 11.8. The molecule has 0 aliphatic heterocycles. The SMILES string of the molecule is Cc1cccc(NC(=O)OC2CCCC2CN)c1. The summed E-state index contributed by atoms with van der Waals surface area (Å²) in [6.07, 6.45) is 2.65. The molecule has 1 aromatic carbocycles.